The Morgan fingerprint density at radius 3 is 2.61 bits per heavy atom. The molecule has 2 saturated heterocycles. The van der Waals surface area contributed by atoms with Crippen LogP contribution in [0.25, 0.3) is 0 Å². The molecule has 3 heterocycles. The molecule has 1 atom stereocenters. The van der Waals surface area contributed by atoms with Gasteiger partial charge in [-0.3, -0.25) is 9.78 Å². The molecular formula is C23H29N3O2. The molecule has 0 radical (unpaired) electrons. The largest absolute Gasteiger partial charge is 0.368 e. The van der Waals surface area contributed by atoms with Crippen molar-refractivity contribution in [3.05, 3.63) is 66.0 Å². The molecule has 0 N–H and O–H groups in total. The normalized spacial score (nSPS) is 22.3. The van der Waals surface area contributed by atoms with Crippen LogP contribution in [0.3, 0.4) is 0 Å². The van der Waals surface area contributed by atoms with E-state index in [1.807, 2.05) is 17.0 Å². The summed E-state index contributed by atoms with van der Waals surface area (Å²) in [7, 11) is 0. The minimum atomic E-state index is -0.217. The number of nitrogens with zero attached hydrogens (tertiary/aromatic N) is 3. The highest BCUT2D eigenvalue weighted by molar-refractivity contribution is 5.92. The van der Waals surface area contributed by atoms with E-state index in [0.29, 0.717) is 18.8 Å². The first-order chi connectivity index (χ1) is 13.6. The van der Waals surface area contributed by atoms with E-state index >= 15 is 0 Å². The average Bonchev–Trinajstić information content (AvgIpc) is 2.74. The van der Waals surface area contributed by atoms with Crippen LogP contribution in [-0.2, 0) is 11.2 Å². The molecule has 2 fully saturated rings. The standard InChI is InChI=1S/C23H29N3O2/c1-19-17-26(22(27)21-9-5-6-13-24-21)18-23(28-19)11-15-25(16-12-23)14-10-20-7-3-2-4-8-20/h2-9,13,19H,10-12,14-18H2,1H3/t19-/m1/s1. The van der Waals surface area contributed by atoms with E-state index in [1.54, 1.807) is 12.3 Å². The van der Waals surface area contributed by atoms with Crippen molar-refractivity contribution in [1.29, 1.82) is 0 Å². The Hall–Kier alpha value is -2.24. The maximum absolute atomic E-state index is 12.9. The maximum Gasteiger partial charge on any atom is 0.272 e. The van der Waals surface area contributed by atoms with Crippen molar-refractivity contribution in [2.45, 2.75) is 37.9 Å². The van der Waals surface area contributed by atoms with Gasteiger partial charge in [-0.2, -0.15) is 0 Å². The minimum Gasteiger partial charge on any atom is -0.368 e. The quantitative estimate of drug-likeness (QED) is 0.819. The van der Waals surface area contributed by atoms with Crippen molar-refractivity contribution in [3.8, 4) is 0 Å². The van der Waals surface area contributed by atoms with E-state index in [1.165, 1.54) is 5.56 Å². The highest BCUT2D eigenvalue weighted by Gasteiger charge is 2.43. The topological polar surface area (TPSA) is 45.7 Å². The van der Waals surface area contributed by atoms with Crippen LogP contribution in [0.1, 0.15) is 35.8 Å². The van der Waals surface area contributed by atoms with Gasteiger partial charge in [0.2, 0.25) is 0 Å². The molecule has 148 valence electrons. The maximum atomic E-state index is 12.9. The Morgan fingerprint density at radius 2 is 1.89 bits per heavy atom. The summed E-state index contributed by atoms with van der Waals surface area (Å²) in [5.74, 6) is 0.0154. The predicted octanol–water partition coefficient (Wildman–Crippen LogP) is 3.02. The fraction of sp³-hybridized carbons (Fsp3) is 0.478. The molecule has 1 amide bonds. The van der Waals surface area contributed by atoms with E-state index in [2.05, 4.69) is 47.1 Å². The highest BCUT2D eigenvalue weighted by Crippen LogP contribution is 2.33. The van der Waals surface area contributed by atoms with Crippen LogP contribution in [0, 0.1) is 0 Å². The lowest BCUT2D eigenvalue weighted by molar-refractivity contribution is -0.161. The first kappa shape index (κ1) is 19.1. The van der Waals surface area contributed by atoms with Crippen molar-refractivity contribution in [3.63, 3.8) is 0 Å². The molecular weight excluding hydrogens is 350 g/mol. The number of likely N-dealkylation sites (tertiary alicyclic amines) is 1. The van der Waals surface area contributed by atoms with Gasteiger partial charge >= 0.3 is 0 Å². The lowest BCUT2D eigenvalue weighted by Gasteiger charge is -2.49. The summed E-state index contributed by atoms with van der Waals surface area (Å²) in [5, 5.41) is 0. The van der Waals surface area contributed by atoms with E-state index in [9.17, 15) is 4.79 Å². The van der Waals surface area contributed by atoms with Crippen molar-refractivity contribution < 1.29 is 9.53 Å². The molecule has 5 nitrogen and oxygen atoms in total. The van der Waals surface area contributed by atoms with Gasteiger partial charge in [0.25, 0.3) is 5.91 Å². The van der Waals surface area contributed by atoms with Crippen molar-refractivity contribution >= 4 is 5.91 Å². The minimum absolute atomic E-state index is 0.0154. The fourth-order valence-corrected chi connectivity index (χ4v) is 4.42. The number of amides is 1. The number of morpholine rings is 1. The second kappa shape index (κ2) is 8.41. The monoisotopic (exact) mass is 379 g/mol. The van der Waals surface area contributed by atoms with Gasteiger partial charge in [0, 0.05) is 32.4 Å². The summed E-state index contributed by atoms with van der Waals surface area (Å²) in [4.78, 5) is 21.6. The Kier molecular flexibility index (Phi) is 5.74. The molecule has 0 unspecified atom stereocenters. The SMILES string of the molecule is C[C@@H]1CN(C(=O)c2ccccn2)CC2(CCN(CCc3ccccc3)CC2)O1. The molecule has 0 aliphatic carbocycles. The number of rotatable bonds is 4. The van der Waals surface area contributed by atoms with Gasteiger partial charge in [-0.25, -0.2) is 0 Å². The zero-order chi connectivity index (χ0) is 19.4. The number of piperidine rings is 1. The fourth-order valence-electron chi connectivity index (χ4n) is 4.42. The number of hydrogen-bond donors (Lipinski definition) is 0. The number of hydrogen-bond acceptors (Lipinski definition) is 4. The Balaban J connectivity index is 1.35. The Morgan fingerprint density at radius 1 is 1.14 bits per heavy atom. The van der Waals surface area contributed by atoms with Gasteiger partial charge in [-0.1, -0.05) is 36.4 Å². The molecule has 1 aromatic heterocycles. The number of benzene rings is 1. The van der Waals surface area contributed by atoms with Crippen LogP contribution in [-0.4, -0.2) is 65.1 Å². The van der Waals surface area contributed by atoms with Gasteiger partial charge in [0.05, 0.1) is 18.2 Å². The Bertz CT molecular complexity index is 773. The lowest BCUT2D eigenvalue weighted by Crippen LogP contribution is -2.60. The first-order valence-corrected chi connectivity index (χ1v) is 10.3. The zero-order valence-electron chi connectivity index (χ0n) is 16.6. The first-order valence-electron chi connectivity index (χ1n) is 10.3. The van der Waals surface area contributed by atoms with Crippen molar-refractivity contribution in [1.82, 2.24) is 14.8 Å². The van der Waals surface area contributed by atoms with Gasteiger partial charge < -0.3 is 14.5 Å². The smallest absolute Gasteiger partial charge is 0.272 e. The van der Waals surface area contributed by atoms with Crippen molar-refractivity contribution in [2.24, 2.45) is 0 Å². The number of pyridine rings is 1. The van der Waals surface area contributed by atoms with Crippen LogP contribution < -0.4 is 0 Å². The van der Waals surface area contributed by atoms with Gasteiger partial charge in [0.15, 0.2) is 0 Å². The number of carbonyl (C=O) groups excluding carboxylic acids is 1. The molecule has 2 aromatic rings. The summed E-state index contributed by atoms with van der Waals surface area (Å²) < 4.78 is 6.40. The summed E-state index contributed by atoms with van der Waals surface area (Å²) in [5.41, 5.74) is 1.69. The lowest BCUT2D eigenvalue weighted by atomic mass is 9.88. The average molecular weight is 380 g/mol. The summed E-state index contributed by atoms with van der Waals surface area (Å²) in [6.07, 6.45) is 4.75. The molecule has 2 aliphatic rings. The molecule has 28 heavy (non-hydrogen) atoms. The van der Waals surface area contributed by atoms with Crippen LogP contribution >= 0.6 is 0 Å². The molecule has 1 spiro atoms. The third-order valence-corrected chi connectivity index (χ3v) is 5.91. The van der Waals surface area contributed by atoms with Crippen LogP contribution in [0.5, 0.6) is 0 Å². The summed E-state index contributed by atoms with van der Waals surface area (Å²) >= 11 is 0. The van der Waals surface area contributed by atoms with E-state index in [-0.39, 0.29) is 17.6 Å². The van der Waals surface area contributed by atoms with E-state index < -0.39 is 0 Å². The number of carbonyl (C=O) groups is 1. The number of ether oxygens (including phenoxy) is 1. The van der Waals surface area contributed by atoms with Crippen LogP contribution in [0.2, 0.25) is 0 Å². The molecule has 2 aliphatic heterocycles. The van der Waals surface area contributed by atoms with Crippen LogP contribution in [0.4, 0.5) is 0 Å². The van der Waals surface area contributed by atoms with Crippen LogP contribution in [0.15, 0.2) is 54.7 Å². The molecule has 4 rings (SSSR count). The second-order valence-electron chi connectivity index (χ2n) is 8.09. The third-order valence-electron chi connectivity index (χ3n) is 5.91. The van der Waals surface area contributed by atoms with Gasteiger partial charge in [-0.15, -0.1) is 0 Å². The zero-order valence-corrected chi connectivity index (χ0v) is 16.6. The van der Waals surface area contributed by atoms with Crippen molar-refractivity contribution in [2.75, 3.05) is 32.7 Å². The Labute approximate surface area is 167 Å². The predicted molar refractivity (Wildman–Crippen MR) is 109 cm³/mol. The third kappa shape index (κ3) is 4.42. The molecule has 1 aromatic carbocycles. The highest BCUT2D eigenvalue weighted by atomic mass is 16.5. The van der Waals surface area contributed by atoms with Gasteiger partial charge in [0.1, 0.15) is 5.69 Å². The molecule has 0 bridgehead atoms. The van der Waals surface area contributed by atoms with E-state index in [4.69, 9.17) is 4.74 Å². The summed E-state index contributed by atoms with van der Waals surface area (Å²) in [6, 6.07) is 16.2. The molecule has 5 heteroatoms. The molecule has 0 saturated carbocycles. The number of aromatic nitrogens is 1. The van der Waals surface area contributed by atoms with Gasteiger partial charge in [-0.05, 0) is 43.9 Å². The van der Waals surface area contributed by atoms with E-state index in [0.717, 1.165) is 38.9 Å². The second-order valence-corrected chi connectivity index (χ2v) is 8.09. The summed E-state index contributed by atoms with van der Waals surface area (Å²) in [6.45, 7) is 6.48.